The molecule has 0 atom stereocenters. The van der Waals surface area contributed by atoms with E-state index in [9.17, 15) is 61.9 Å². The van der Waals surface area contributed by atoms with E-state index < -0.39 is 73.3 Å². The molecule has 0 aromatic carbocycles. The van der Waals surface area contributed by atoms with Crippen LogP contribution in [-0.2, 0) is 4.79 Å². The lowest BCUT2D eigenvalue weighted by atomic mass is 9.92. The van der Waals surface area contributed by atoms with Gasteiger partial charge in [-0.1, -0.05) is 0 Å². The number of amides is 1. The van der Waals surface area contributed by atoms with E-state index in [1.165, 1.54) is 0 Å². The third kappa shape index (κ3) is 4.70. The van der Waals surface area contributed by atoms with Crippen molar-refractivity contribution in [3.63, 3.8) is 0 Å². The molecule has 17 heteroatoms. The third-order valence-electron chi connectivity index (χ3n) is 3.80. The van der Waals surface area contributed by atoms with Gasteiger partial charge in [0.1, 0.15) is 0 Å². The number of halogens is 13. The molecular weight excluding hydrogens is 465 g/mol. The second-order valence-electron chi connectivity index (χ2n) is 6.42. The molecule has 4 nitrogen and oxygen atoms in total. The van der Waals surface area contributed by atoms with Gasteiger partial charge in [-0.05, 0) is 6.92 Å². The lowest BCUT2D eigenvalue weighted by Gasteiger charge is -2.39. The molecule has 0 aromatic rings. The van der Waals surface area contributed by atoms with Gasteiger partial charge in [0.05, 0.1) is 18.8 Å². The van der Waals surface area contributed by atoms with Crippen molar-refractivity contribution in [1.82, 2.24) is 5.32 Å². The van der Waals surface area contributed by atoms with Crippen LogP contribution in [0.15, 0.2) is 0 Å². The molecule has 0 saturated heterocycles. The number of nitrogens with one attached hydrogen (secondary N) is 1. The summed E-state index contributed by atoms with van der Waals surface area (Å²) in [6.45, 7) is -1.15. The number of alkyl halides is 13. The van der Waals surface area contributed by atoms with Crippen molar-refractivity contribution in [2.45, 2.75) is 61.1 Å². The molecule has 180 valence electrons. The van der Waals surface area contributed by atoms with E-state index in [1.54, 1.807) is 5.32 Å². The Hall–Kier alpha value is -1.52. The summed E-state index contributed by atoms with van der Waals surface area (Å²) in [4.78, 5) is 11.4. The molecular formula is C13H14F13NO3. The molecule has 0 aliphatic heterocycles. The van der Waals surface area contributed by atoms with Crippen LogP contribution < -0.4 is 5.32 Å². The van der Waals surface area contributed by atoms with Crippen LogP contribution in [0.2, 0.25) is 0 Å². The summed E-state index contributed by atoms with van der Waals surface area (Å²) < 4.78 is 168. The van der Waals surface area contributed by atoms with Gasteiger partial charge in [-0.15, -0.1) is 0 Å². The van der Waals surface area contributed by atoms with Crippen LogP contribution >= 0.6 is 0 Å². The van der Waals surface area contributed by atoms with Gasteiger partial charge in [-0.3, -0.25) is 4.79 Å². The molecule has 3 N–H and O–H groups in total. The van der Waals surface area contributed by atoms with Crippen molar-refractivity contribution in [2.75, 3.05) is 13.2 Å². The molecule has 1 amide bonds. The number of hydrogen-bond acceptors (Lipinski definition) is 3. The lowest BCUT2D eigenvalue weighted by molar-refractivity contribution is -0.440. The molecule has 0 aromatic heterocycles. The largest absolute Gasteiger partial charge is 0.460 e. The molecule has 0 spiro atoms. The standard InChI is InChI=1S/C13H14F13NO3/c1-7(4-28,5-29)27-6(30)2-3-8(14,15)9(16,17)10(18,19)11(20,21)12(22,23)13(24,25)26/h28-29H,2-5H2,1H3,(H,27,30). The fraction of sp³-hybridized carbons (Fsp3) is 0.923. The first kappa shape index (κ1) is 28.5. The zero-order valence-corrected chi connectivity index (χ0v) is 14.5. The number of aliphatic hydroxyl groups is 2. The Morgan fingerprint density at radius 2 is 1.07 bits per heavy atom. The summed E-state index contributed by atoms with van der Waals surface area (Å²) in [7, 11) is 0. The SMILES string of the molecule is CC(CO)(CO)NC(=O)CCC(F)(F)C(F)(F)C(F)(F)C(F)(F)C(F)(F)C(F)(F)F. The first-order chi connectivity index (χ1) is 13.0. The normalized spacial score (nSPS) is 15.3. The first-order valence-electron chi connectivity index (χ1n) is 7.46. The van der Waals surface area contributed by atoms with Crippen LogP contribution in [0.3, 0.4) is 0 Å². The summed E-state index contributed by atoms with van der Waals surface area (Å²) in [5, 5.41) is 19.3. The molecule has 0 rings (SSSR count). The second-order valence-corrected chi connectivity index (χ2v) is 6.42. The van der Waals surface area contributed by atoms with Crippen molar-refractivity contribution < 1.29 is 72.1 Å². The number of hydrogen-bond donors (Lipinski definition) is 3. The maximum absolute atomic E-state index is 13.5. The van der Waals surface area contributed by atoms with Gasteiger partial charge < -0.3 is 15.5 Å². The highest BCUT2D eigenvalue weighted by molar-refractivity contribution is 5.76. The third-order valence-corrected chi connectivity index (χ3v) is 3.80. The predicted molar refractivity (Wildman–Crippen MR) is 70.7 cm³/mol. The molecule has 0 aliphatic rings. The maximum atomic E-state index is 13.5. The average molecular weight is 479 g/mol. The van der Waals surface area contributed by atoms with E-state index in [0.29, 0.717) is 0 Å². The Labute approximate surface area is 159 Å². The Morgan fingerprint density at radius 3 is 1.40 bits per heavy atom. The highest BCUT2D eigenvalue weighted by Crippen LogP contribution is 2.60. The Balaban J connectivity index is 5.79. The van der Waals surface area contributed by atoms with Crippen molar-refractivity contribution in [3.8, 4) is 0 Å². The number of aliphatic hydroxyl groups excluding tert-OH is 2. The number of carbonyl (C=O) groups excluding carboxylic acids is 1. The molecule has 0 radical (unpaired) electrons. The second kappa shape index (κ2) is 8.20. The highest BCUT2D eigenvalue weighted by atomic mass is 19.4. The molecule has 0 fully saturated rings. The fourth-order valence-corrected chi connectivity index (χ4v) is 1.76. The smallest absolute Gasteiger partial charge is 0.394 e. The topological polar surface area (TPSA) is 69.6 Å². The minimum atomic E-state index is -8.00. The van der Waals surface area contributed by atoms with Crippen molar-refractivity contribution in [3.05, 3.63) is 0 Å². The highest BCUT2D eigenvalue weighted by Gasteiger charge is 2.90. The van der Waals surface area contributed by atoms with Gasteiger partial charge in [0.25, 0.3) is 0 Å². The lowest BCUT2D eigenvalue weighted by Crippen LogP contribution is -2.70. The Bertz CT molecular complexity index is 614. The van der Waals surface area contributed by atoms with Crippen LogP contribution in [0.25, 0.3) is 0 Å². The molecule has 0 bridgehead atoms. The Morgan fingerprint density at radius 1 is 0.700 bits per heavy atom. The van der Waals surface area contributed by atoms with Gasteiger partial charge in [0.15, 0.2) is 0 Å². The summed E-state index contributed by atoms with van der Waals surface area (Å²) in [5.74, 6) is -39.3. The van der Waals surface area contributed by atoms with Crippen molar-refractivity contribution in [1.29, 1.82) is 0 Å². The zero-order valence-electron chi connectivity index (χ0n) is 14.5. The molecule has 0 saturated carbocycles. The van der Waals surface area contributed by atoms with Crippen LogP contribution in [0.4, 0.5) is 57.1 Å². The molecule has 0 heterocycles. The Kier molecular flexibility index (Phi) is 7.78. The minimum Gasteiger partial charge on any atom is -0.394 e. The van der Waals surface area contributed by atoms with Gasteiger partial charge >= 0.3 is 35.8 Å². The van der Waals surface area contributed by atoms with Gasteiger partial charge in [-0.25, -0.2) is 0 Å². The summed E-state index contributed by atoms with van der Waals surface area (Å²) in [5.41, 5.74) is -1.90. The minimum absolute atomic E-state index is 0.908. The van der Waals surface area contributed by atoms with E-state index in [1.807, 2.05) is 0 Å². The van der Waals surface area contributed by atoms with Crippen LogP contribution in [0, 0.1) is 0 Å². The average Bonchev–Trinajstić information content (AvgIpc) is 2.58. The van der Waals surface area contributed by atoms with E-state index in [4.69, 9.17) is 10.2 Å². The molecule has 30 heavy (non-hydrogen) atoms. The summed E-state index contributed by atoms with van der Waals surface area (Å²) in [6.07, 6.45) is -12.0. The maximum Gasteiger partial charge on any atom is 0.460 e. The van der Waals surface area contributed by atoms with Crippen LogP contribution in [0.5, 0.6) is 0 Å². The van der Waals surface area contributed by atoms with E-state index in [-0.39, 0.29) is 0 Å². The van der Waals surface area contributed by atoms with Crippen LogP contribution in [-0.4, -0.2) is 70.7 Å². The van der Waals surface area contributed by atoms with E-state index in [0.717, 1.165) is 6.92 Å². The van der Waals surface area contributed by atoms with E-state index >= 15 is 0 Å². The quantitative estimate of drug-likeness (QED) is 0.421. The number of carbonyl (C=O) groups is 1. The zero-order chi connectivity index (χ0) is 24.6. The first-order valence-corrected chi connectivity index (χ1v) is 7.46. The van der Waals surface area contributed by atoms with Gasteiger partial charge in [0, 0.05) is 12.8 Å². The van der Waals surface area contributed by atoms with Gasteiger partial charge in [-0.2, -0.15) is 57.1 Å². The monoisotopic (exact) mass is 479 g/mol. The molecule has 0 aliphatic carbocycles. The predicted octanol–water partition coefficient (Wildman–Crippen LogP) is 3.36. The summed E-state index contributed by atoms with van der Waals surface area (Å²) >= 11 is 0. The number of rotatable bonds is 10. The van der Waals surface area contributed by atoms with Crippen molar-refractivity contribution in [2.24, 2.45) is 0 Å². The van der Waals surface area contributed by atoms with Crippen molar-refractivity contribution >= 4 is 5.91 Å². The molecule has 0 unspecified atom stereocenters. The van der Waals surface area contributed by atoms with Gasteiger partial charge in [0.2, 0.25) is 5.91 Å². The fourth-order valence-electron chi connectivity index (χ4n) is 1.76. The van der Waals surface area contributed by atoms with Crippen LogP contribution in [0.1, 0.15) is 19.8 Å². The summed E-state index contributed by atoms with van der Waals surface area (Å²) in [6, 6.07) is 0. The van der Waals surface area contributed by atoms with E-state index in [2.05, 4.69) is 0 Å².